The molecule has 102 valence electrons. The molecule has 1 heterocycles. The third-order valence-corrected chi connectivity index (χ3v) is 3.16. The molecule has 0 aliphatic heterocycles. The largest absolute Gasteiger partial charge is 0.299 e. The van der Waals surface area contributed by atoms with E-state index in [2.05, 4.69) is 5.10 Å². The number of hydrogen-bond acceptors (Lipinski definition) is 2. The SMILES string of the molecule is O=CC=Cc1cn(-c2ccccc2)nc1-c1ccccc1. The van der Waals surface area contributed by atoms with E-state index in [0.29, 0.717) is 0 Å². The summed E-state index contributed by atoms with van der Waals surface area (Å²) >= 11 is 0. The van der Waals surface area contributed by atoms with E-state index < -0.39 is 0 Å². The summed E-state index contributed by atoms with van der Waals surface area (Å²) < 4.78 is 1.83. The maximum Gasteiger partial charge on any atom is 0.142 e. The lowest BCUT2D eigenvalue weighted by Gasteiger charge is -2.00. The van der Waals surface area contributed by atoms with E-state index in [1.54, 1.807) is 6.08 Å². The van der Waals surface area contributed by atoms with Crippen LogP contribution in [0.4, 0.5) is 0 Å². The van der Waals surface area contributed by atoms with Crippen LogP contribution >= 0.6 is 0 Å². The molecule has 1 aromatic heterocycles. The van der Waals surface area contributed by atoms with Crippen LogP contribution in [0.25, 0.3) is 23.0 Å². The van der Waals surface area contributed by atoms with Gasteiger partial charge in [0.05, 0.1) is 11.4 Å². The highest BCUT2D eigenvalue weighted by Crippen LogP contribution is 2.24. The van der Waals surface area contributed by atoms with Gasteiger partial charge in [-0.05, 0) is 24.3 Å². The van der Waals surface area contributed by atoms with Gasteiger partial charge < -0.3 is 0 Å². The average Bonchev–Trinajstić information content (AvgIpc) is 2.99. The van der Waals surface area contributed by atoms with Gasteiger partial charge in [-0.25, -0.2) is 4.68 Å². The van der Waals surface area contributed by atoms with Crippen LogP contribution in [0.3, 0.4) is 0 Å². The minimum atomic E-state index is 0.772. The maximum absolute atomic E-state index is 10.6. The Morgan fingerprint density at radius 3 is 2.24 bits per heavy atom. The zero-order valence-corrected chi connectivity index (χ0v) is 11.4. The number of benzene rings is 2. The lowest BCUT2D eigenvalue weighted by Crippen LogP contribution is -1.93. The second-order valence-corrected chi connectivity index (χ2v) is 4.57. The van der Waals surface area contributed by atoms with Gasteiger partial charge in [-0.3, -0.25) is 4.79 Å². The molecule has 0 aliphatic carbocycles. The number of para-hydroxylation sites is 1. The first-order chi connectivity index (χ1) is 10.4. The molecule has 0 saturated heterocycles. The Hall–Kier alpha value is -2.94. The van der Waals surface area contributed by atoms with Crippen molar-refractivity contribution in [3.63, 3.8) is 0 Å². The number of carbonyl (C=O) groups is 1. The van der Waals surface area contributed by atoms with Crippen LogP contribution in [0.5, 0.6) is 0 Å². The lowest BCUT2D eigenvalue weighted by atomic mass is 10.1. The van der Waals surface area contributed by atoms with Crippen LogP contribution in [-0.4, -0.2) is 16.1 Å². The van der Waals surface area contributed by atoms with Crippen molar-refractivity contribution in [3.8, 4) is 16.9 Å². The van der Waals surface area contributed by atoms with Crippen molar-refractivity contribution < 1.29 is 4.79 Å². The van der Waals surface area contributed by atoms with E-state index in [4.69, 9.17) is 0 Å². The van der Waals surface area contributed by atoms with Crippen molar-refractivity contribution in [2.45, 2.75) is 0 Å². The van der Waals surface area contributed by atoms with Crippen LogP contribution < -0.4 is 0 Å². The van der Waals surface area contributed by atoms with Crippen LogP contribution in [0.15, 0.2) is 72.9 Å². The first kappa shape index (κ1) is 13.1. The summed E-state index contributed by atoms with van der Waals surface area (Å²) in [7, 11) is 0. The Balaban J connectivity index is 2.12. The van der Waals surface area contributed by atoms with Crippen molar-refractivity contribution >= 4 is 12.4 Å². The van der Waals surface area contributed by atoms with Gasteiger partial charge in [-0.1, -0.05) is 48.5 Å². The molecule has 0 amide bonds. The fourth-order valence-electron chi connectivity index (χ4n) is 2.19. The second kappa shape index (κ2) is 6.01. The molecule has 3 rings (SSSR count). The molecule has 0 unspecified atom stereocenters. The standard InChI is InChI=1S/C18H14N2O/c21-13-7-10-16-14-20(17-11-5-2-6-12-17)19-18(16)15-8-3-1-4-9-15/h1-14H. The molecule has 0 bridgehead atoms. The van der Waals surface area contributed by atoms with Crippen LogP contribution in [0, 0.1) is 0 Å². The number of allylic oxidation sites excluding steroid dienone is 1. The summed E-state index contributed by atoms with van der Waals surface area (Å²) in [6, 6.07) is 19.8. The Kier molecular flexibility index (Phi) is 3.74. The van der Waals surface area contributed by atoms with Crippen molar-refractivity contribution in [1.82, 2.24) is 9.78 Å². The quantitative estimate of drug-likeness (QED) is 0.536. The molecule has 0 atom stereocenters. The molecule has 0 aliphatic rings. The monoisotopic (exact) mass is 274 g/mol. The Morgan fingerprint density at radius 1 is 0.905 bits per heavy atom. The van der Waals surface area contributed by atoms with Gasteiger partial charge in [0.1, 0.15) is 6.29 Å². The molecule has 0 saturated carbocycles. The summed E-state index contributed by atoms with van der Waals surface area (Å²) in [4.78, 5) is 10.6. The van der Waals surface area contributed by atoms with Crippen LogP contribution in [0.1, 0.15) is 5.56 Å². The number of aldehydes is 1. The van der Waals surface area contributed by atoms with E-state index >= 15 is 0 Å². The number of carbonyl (C=O) groups excluding carboxylic acids is 1. The van der Waals surface area contributed by atoms with E-state index in [-0.39, 0.29) is 0 Å². The minimum Gasteiger partial charge on any atom is -0.299 e. The first-order valence-corrected chi connectivity index (χ1v) is 6.71. The Labute approximate surface area is 123 Å². The third-order valence-electron chi connectivity index (χ3n) is 3.16. The summed E-state index contributed by atoms with van der Waals surface area (Å²) in [5.41, 5.74) is 3.79. The summed E-state index contributed by atoms with van der Waals surface area (Å²) in [5, 5.41) is 4.65. The zero-order valence-electron chi connectivity index (χ0n) is 11.4. The van der Waals surface area contributed by atoms with Crippen LogP contribution in [0.2, 0.25) is 0 Å². The molecule has 0 spiro atoms. The van der Waals surface area contributed by atoms with Crippen molar-refractivity contribution in [3.05, 3.63) is 78.5 Å². The Morgan fingerprint density at radius 2 is 1.57 bits per heavy atom. The van der Waals surface area contributed by atoms with Crippen molar-refractivity contribution in [2.75, 3.05) is 0 Å². The fraction of sp³-hybridized carbons (Fsp3) is 0. The molecule has 0 radical (unpaired) electrons. The number of nitrogens with zero attached hydrogens (tertiary/aromatic N) is 2. The van der Waals surface area contributed by atoms with Gasteiger partial charge in [0.25, 0.3) is 0 Å². The Bertz CT molecular complexity index is 758. The highest BCUT2D eigenvalue weighted by Gasteiger charge is 2.09. The maximum atomic E-state index is 10.6. The molecule has 2 aromatic carbocycles. The zero-order chi connectivity index (χ0) is 14.5. The number of hydrogen-bond donors (Lipinski definition) is 0. The predicted octanol–water partition coefficient (Wildman–Crippen LogP) is 3.75. The predicted molar refractivity (Wildman–Crippen MR) is 84.1 cm³/mol. The average molecular weight is 274 g/mol. The minimum absolute atomic E-state index is 0.772. The van der Waals surface area contributed by atoms with Gasteiger partial charge in [-0.2, -0.15) is 5.10 Å². The molecular weight excluding hydrogens is 260 g/mol. The van der Waals surface area contributed by atoms with Crippen molar-refractivity contribution in [2.24, 2.45) is 0 Å². The lowest BCUT2D eigenvalue weighted by molar-refractivity contribution is -0.104. The molecule has 0 N–H and O–H groups in total. The van der Waals surface area contributed by atoms with Crippen molar-refractivity contribution in [1.29, 1.82) is 0 Å². The van der Waals surface area contributed by atoms with E-state index in [1.165, 1.54) is 6.08 Å². The second-order valence-electron chi connectivity index (χ2n) is 4.57. The molecule has 3 aromatic rings. The van der Waals surface area contributed by atoms with E-state index in [0.717, 1.165) is 28.8 Å². The third kappa shape index (κ3) is 2.82. The topological polar surface area (TPSA) is 34.9 Å². The first-order valence-electron chi connectivity index (χ1n) is 6.71. The van der Waals surface area contributed by atoms with Gasteiger partial charge in [-0.15, -0.1) is 0 Å². The van der Waals surface area contributed by atoms with Gasteiger partial charge in [0, 0.05) is 17.3 Å². The van der Waals surface area contributed by atoms with Gasteiger partial charge in [0.15, 0.2) is 0 Å². The summed E-state index contributed by atoms with van der Waals surface area (Å²) in [5.74, 6) is 0. The van der Waals surface area contributed by atoms with Crippen LogP contribution in [-0.2, 0) is 4.79 Å². The highest BCUT2D eigenvalue weighted by atomic mass is 16.1. The molecule has 21 heavy (non-hydrogen) atoms. The number of rotatable bonds is 4. The summed E-state index contributed by atoms with van der Waals surface area (Å²) in [6.07, 6.45) is 5.97. The van der Waals surface area contributed by atoms with E-state index in [9.17, 15) is 4.79 Å². The van der Waals surface area contributed by atoms with Gasteiger partial charge >= 0.3 is 0 Å². The van der Waals surface area contributed by atoms with Gasteiger partial charge in [0.2, 0.25) is 0 Å². The smallest absolute Gasteiger partial charge is 0.142 e. The summed E-state index contributed by atoms with van der Waals surface area (Å²) in [6.45, 7) is 0. The molecule has 3 nitrogen and oxygen atoms in total. The number of aromatic nitrogens is 2. The fourth-order valence-corrected chi connectivity index (χ4v) is 2.19. The molecule has 3 heteroatoms. The highest BCUT2D eigenvalue weighted by molar-refractivity contribution is 5.79. The molecule has 0 fully saturated rings. The normalized spacial score (nSPS) is 10.9. The van der Waals surface area contributed by atoms with E-state index in [1.807, 2.05) is 71.5 Å². The molecular formula is C18H14N2O.